The molecule has 0 saturated carbocycles. The second-order valence-electron chi connectivity index (χ2n) is 5.71. The van der Waals surface area contributed by atoms with E-state index in [2.05, 4.69) is 20.8 Å². The maximum absolute atomic E-state index is 11.5. The summed E-state index contributed by atoms with van der Waals surface area (Å²) in [4.78, 5) is 11.5. The molecule has 3 rings (SSSR count). The van der Waals surface area contributed by atoms with Crippen LogP contribution in [0.5, 0.6) is 5.75 Å². The third kappa shape index (κ3) is 4.13. The number of anilines is 3. The standard InChI is InChI=1S/C19H20N4O3/c1-3-26-19(25)20-14-6-9-16(12(2)10-14)21-18-11-17(22-23-18)13-4-7-15(24)8-5-13/h4-11,24H,3H2,1-2H3,(H,20,25)(H2,21,22,23). The maximum Gasteiger partial charge on any atom is 0.411 e. The first kappa shape index (κ1) is 17.3. The predicted molar refractivity (Wildman–Crippen MR) is 101 cm³/mol. The van der Waals surface area contributed by atoms with Crippen molar-refractivity contribution in [1.29, 1.82) is 0 Å². The first-order chi connectivity index (χ1) is 12.5. The van der Waals surface area contributed by atoms with E-state index in [4.69, 9.17) is 4.74 Å². The van der Waals surface area contributed by atoms with Crippen LogP contribution in [0.4, 0.5) is 22.0 Å². The Balaban J connectivity index is 1.71. The second-order valence-corrected chi connectivity index (χ2v) is 5.71. The zero-order valence-electron chi connectivity index (χ0n) is 14.5. The van der Waals surface area contributed by atoms with Gasteiger partial charge in [-0.2, -0.15) is 5.10 Å². The summed E-state index contributed by atoms with van der Waals surface area (Å²) in [6, 6.07) is 14.3. The van der Waals surface area contributed by atoms with Gasteiger partial charge in [0, 0.05) is 17.4 Å². The minimum absolute atomic E-state index is 0.221. The number of nitrogens with one attached hydrogen (secondary N) is 3. The number of nitrogens with zero attached hydrogens (tertiary/aromatic N) is 1. The zero-order chi connectivity index (χ0) is 18.5. The van der Waals surface area contributed by atoms with Gasteiger partial charge in [0.25, 0.3) is 0 Å². The van der Waals surface area contributed by atoms with Crippen molar-refractivity contribution >= 4 is 23.3 Å². The first-order valence-corrected chi connectivity index (χ1v) is 8.21. The molecule has 0 aliphatic heterocycles. The van der Waals surface area contributed by atoms with E-state index in [1.54, 1.807) is 25.1 Å². The Bertz CT molecular complexity index is 903. The van der Waals surface area contributed by atoms with Crippen molar-refractivity contribution in [1.82, 2.24) is 10.2 Å². The van der Waals surface area contributed by atoms with Gasteiger partial charge in [-0.05, 0) is 67.4 Å². The Morgan fingerprint density at radius 3 is 2.65 bits per heavy atom. The fourth-order valence-electron chi connectivity index (χ4n) is 2.48. The quantitative estimate of drug-likeness (QED) is 0.545. The van der Waals surface area contributed by atoms with Gasteiger partial charge in [0.05, 0.1) is 12.3 Å². The van der Waals surface area contributed by atoms with Crippen LogP contribution in [0.15, 0.2) is 48.5 Å². The van der Waals surface area contributed by atoms with Crippen LogP contribution in [-0.4, -0.2) is 28.0 Å². The molecule has 0 atom stereocenters. The van der Waals surface area contributed by atoms with Crippen LogP contribution < -0.4 is 10.6 Å². The highest BCUT2D eigenvalue weighted by Gasteiger charge is 2.08. The lowest BCUT2D eigenvalue weighted by Crippen LogP contribution is -2.13. The second kappa shape index (κ2) is 7.60. The molecule has 7 heteroatoms. The molecule has 26 heavy (non-hydrogen) atoms. The number of aromatic amines is 1. The maximum atomic E-state index is 11.5. The van der Waals surface area contributed by atoms with Crippen molar-refractivity contribution in [3.05, 3.63) is 54.1 Å². The highest BCUT2D eigenvalue weighted by atomic mass is 16.5. The van der Waals surface area contributed by atoms with E-state index in [0.29, 0.717) is 18.1 Å². The van der Waals surface area contributed by atoms with Gasteiger partial charge < -0.3 is 15.2 Å². The summed E-state index contributed by atoms with van der Waals surface area (Å²) in [6.45, 7) is 4.02. The molecule has 1 aromatic heterocycles. The molecule has 0 radical (unpaired) electrons. The molecule has 1 heterocycles. The number of carbonyl (C=O) groups is 1. The molecule has 1 amide bonds. The van der Waals surface area contributed by atoms with Crippen LogP contribution in [0.2, 0.25) is 0 Å². The van der Waals surface area contributed by atoms with Gasteiger partial charge in [-0.15, -0.1) is 0 Å². The number of aryl methyl sites for hydroxylation is 1. The van der Waals surface area contributed by atoms with Gasteiger partial charge in [-0.1, -0.05) is 0 Å². The number of aromatic nitrogens is 2. The minimum atomic E-state index is -0.474. The number of hydrogen-bond acceptors (Lipinski definition) is 5. The number of benzene rings is 2. The molecule has 0 saturated heterocycles. The smallest absolute Gasteiger partial charge is 0.411 e. The number of amides is 1. The molecular formula is C19H20N4O3. The molecular weight excluding hydrogens is 332 g/mol. The van der Waals surface area contributed by atoms with Crippen LogP contribution >= 0.6 is 0 Å². The molecule has 134 valence electrons. The number of phenolic OH excluding ortho intramolecular Hbond substituents is 1. The number of phenols is 1. The monoisotopic (exact) mass is 352 g/mol. The van der Waals surface area contributed by atoms with E-state index in [-0.39, 0.29) is 5.75 Å². The Labute approximate surface area is 151 Å². The molecule has 0 unspecified atom stereocenters. The number of carbonyl (C=O) groups excluding carboxylic acids is 1. The summed E-state index contributed by atoms with van der Waals surface area (Å²) in [5, 5.41) is 22.5. The fraction of sp³-hybridized carbons (Fsp3) is 0.158. The summed E-state index contributed by atoms with van der Waals surface area (Å²) < 4.78 is 4.87. The summed E-state index contributed by atoms with van der Waals surface area (Å²) in [5.74, 6) is 0.890. The molecule has 4 N–H and O–H groups in total. The lowest BCUT2D eigenvalue weighted by molar-refractivity contribution is 0.168. The van der Waals surface area contributed by atoms with Gasteiger partial charge in [0.15, 0.2) is 5.82 Å². The lowest BCUT2D eigenvalue weighted by atomic mass is 10.1. The molecule has 2 aromatic carbocycles. The highest BCUT2D eigenvalue weighted by Crippen LogP contribution is 2.26. The van der Waals surface area contributed by atoms with Gasteiger partial charge in [0.2, 0.25) is 0 Å². The van der Waals surface area contributed by atoms with Gasteiger partial charge in [-0.3, -0.25) is 10.4 Å². The summed E-state index contributed by atoms with van der Waals surface area (Å²) in [5.41, 5.74) is 4.26. The van der Waals surface area contributed by atoms with E-state index in [1.165, 1.54) is 0 Å². The molecule has 0 fully saturated rings. The first-order valence-electron chi connectivity index (χ1n) is 8.21. The van der Waals surface area contributed by atoms with Gasteiger partial charge in [0.1, 0.15) is 5.75 Å². The van der Waals surface area contributed by atoms with Crippen molar-refractivity contribution in [2.75, 3.05) is 17.2 Å². The fourth-order valence-corrected chi connectivity index (χ4v) is 2.48. The van der Waals surface area contributed by atoms with Crippen LogP contribution in [0, 0.1) is 6.92 Å². The van der Waals surface area contributed by atoms with Crippen LogP contribution in [0.3, 0.4) is 0 Å². The third-order valence-corrected chi connectivity index (χ3v) is 3.77. The van der Waals surface area contributed by atoms with Gasteiger partial charge >= 0.3 is 6.09 Å². The van der Waals surface area contributed by atoms with Gasteiger partial charge in [-0.25, -0.2) is 4.79 Å². The lowest BCUT2D eigenvalue weighted by Gasteiger charge is -2.10. The zero-order valence-corrected chi connectivity index (χ0v) is 14.5. The molecule has 3 aromatic rings. The number of aromatic hydroxyl groups is 1. The predicted octanol–water partition coefficient (Wildman–Crippen LogP) is 4.40. The van der Waals surface area contributed by atoms with Crippen molar-refractivity contribution in [3.63, 3.8) is 0 Å². The average Bonchev–Trinajstić information content (AvgIpc) is 3.07. The van der Waals surface area contributed by atoms with Crippen molar-refractivity contribution in [3.8, 4) is 17.0 Å². The summed E-state index contributed by atoms with van der Waals surface area (Å²) in [7, 11) is 0. The minimum Gasteiger partial charge on any atom is -0.508 e. The molecule has 0 bridgehead atoms. The number of hydrogen-bond donors (Lipinski definition) is 4. The Morgan fingerprint density at radius 1 is 1.19 bits per heavy atom. The number of H-pyrrole nitrogens is 1. The highest BCUT2D eigenvalue weighted by molar-refractivity contribution is 5.85. The van der Waals surface area contributed by atoms with E-state index in [0.717, 1.165) is 22.5 Å². The van der Waals surface area contributed by atoms with Crippen LogP contribution in [0.25, 0.3) is 11.3 Å². The molecule has 0 spiro atoms. The van der Waals surface area contributed by atoms with Crippen LogP contribution in [-0.2, 0) is 4.74 Å². The van der Waals surface area contributed by atoms with Crippen molar-refractivity contribution in [2.45, 2.75) is 13.8 Å². The third-order valence-electron chi connectivity index (χ3n) is 3.77. The van der Waals surface area contributed by atoms with Crippen molar-refractivity contribution in [2.24, 2.45) is 0 Å². The van der Waals surface area contributed by atoms with E-state index >= 15 is 0 Å². The number of ether oxygens (including phenoxy) is 1. The molecule has 0 aliphatic carbocycles. The topological polar surface area (TPSA) is 99.3 Å². The SMILES string of the molecule is CCOC(=O)Nc1ccc(Nc2cc(-c3ccc(O)cc3)[nH]n2)c(C)c1. The summed E-state index contributed by atoms with van der Waals surface area (Å²) in [6.07, 6.45) is -0.474. The Kier molecular flexibility index (Phi) is 5.07. The van der Waals surface area contributed by atoms with E-state index in [1.807, 2.05) is 37.3 Å². The van der Waals surface area contributed by atoms with E-state index < -0.39 is 6.09 Å². The summed E-state index contributed by atoms with van der Waals surface area (Å²) >= 11 is 0. The number of rotatable bonds is 5. The molecule has 0 aliphatic rings. The van der Waals surface area contributed by atoms with E-state index in [9.17, 15) is 9.90 Å². The Hall–Kier alpha value is -3.48. The molecule has 7 nitrogen and oxygen atoms in total. The largest absolute Gasteiger partial charge is 0.508 e. The average molecular weight is 352 g/mol. The van der Waals surface area contributed by atoms with Crippen molar-refractivity contribution < 1.29 is 14.6 Å². The Morgan fingerprint density at radius 2 is 1.96 bits per heavy atom. The van der Waals surface area contributed by atoms with Crippen LogP contribution in [0.1, 0.15) is 12.5 Å². The normalized spacial score (nSPS) is 10.4.